The van der Waals surface area contributed by atoms with Crippen LogP contribution >= 0.6 is 23.6 Å². The van der Waals surface area contributed by atoms with Crippen molar-refractivity contribution in [1.82, 2.24) is 25.6 Å². The molecule has 0 unspecified atom stereocenters. The van der Waals surface area contributed by atoms with Gasteiger partial charge in [-0.15, -0.1) is 10.2 Å². The first kappa shape index (κ1) is 20.8. The van der Waals surface area contributed by atoms with Gasteiger partial charge in [0.25, 0.3) is 0 Å². The van der Waals surface area contributed by atoms with Gasteiger partial charge in [-0.25, -0.2) is 10.6 Å². The molecule has 0 saturated carbocycles. The van der Waals surface area contributed by atoms with E-state index in [2.05, 4.69) is 38.2 Å². The van der Waals surface area contributed by atoms with Crippen molar-refractivity contribution >= 4 is 39.8 Å². The molecule has 0 spiro atoms. The number of rotatable bonds is 2. The molecule has 26 heavy (non-hydrogen) atoms. The van der Waals surface area contributed by atoms with Crippen molar-refractivity contribution in [2.45, 2.75) is 0 Å². The number of nitrogen functional groups attached to an aromatic ring is 1. The number of aromatic carboxylic acids is 1. The first-order valence-corrected chi connectivity index (χ1v) is 8.05. The lowest BCUT2D eigenvalue weighted by atomic mass is 10.3. The van der Waals surface area contributed by atoms with Gasteiger partial charge < -0.3 is 22.0 Å². The third-order valence-corrected chi connectivity index (χ3v) is 3.36. The fourth-order valence-corrected chi connectivity index (χ4v) is 1.96. The van der Waals surface area contributed by atoms with Crippen LogP contribution in [0, 0.1) is 0 Å². The molecule has 0 fully saturated rings. The molecule has 3 rings (SSSR count). The maximum atomic E-state index is 10.2. The lowest BCUT2D eigenvalue weighted by Gasteiger charge is -1.90. The average molecular weight is 392 g/mol. The summed E-state index contributed by atoms with van der Waals surface area (Å²) >= 11 is 5.61. The van der Waals surface area contributed by atoms with Gasteiger partial charge in [0.05, 0.1) is 5.56 Å². The van der Waals surface area contributed by atoms with Gasteiger partial charge in [-0.05, 0) is 36.5 Å². The topological polar surface area (TPSA) is 179 Å². The summed E-state index contributed by atoms with van der Waals surface area (Å²) in [5.41, 5.74) is 13.5. The van der Waals surface area contributed by atoms with E-state index in [0.717, 1.165) is 10.6 Å². The predicted molar refractivity (Wildman–Crippen MR) is 103 cm³/mol. The number of thiocarbonyl (C=S) groups is 1. The SMILES string of the molecule is NNC(N)=S.Nc1nnc(-c2ccncc2)s1.O=C(O)c1ccncc1. The number of aromatic nitrogens is 4. The van der Waals surface area contributed by atoms with Gasteiger partial charge in [-0.2, -0.15) is 0 Å². The molecule has 0 aromatic carbocycles. The Morgan fingerprint density at radius 2 is 1.58 bits per heavy atom. The van der Waals surface area contributed by atoms with Gasteiger partial charge in [0.2, 0.25) is 5.13 Å². The Morgan fingerprint density at radius 1 is 1.08 bits per heavy atom. The molecule has 3 heterocycles. The van der Waals surface area contributed by atoms with E-state index >= 15 is 0 Å². The first-order valence-electron chi connectivity index (χ1n) is 6.82. The third kappa shape index (κ3) is 8.05. The minimum atomic E-state index is -0.919. The van der Waals surface area contributed by atoms with Crippen molar-refractivity contribution in [2.24, 2.45) is 11.6 Å². The van der Waals surface area contributed by atoms with Crippen molar-refractivity contribution < 1.29 is 9.90 Å². The van der Waals surface area contributed by atoms with Gasteiger partial charge in [-0.1, -0.05) is 11.3 Å². The van der Waals surface area contributed by atoms with E-state index in [0.29, 0.717) is 5.13 Å². The molecular formula is C14H16N8O2S2. The summed E-state index contributed by atoms with van der Waals surface area (Å²) in [4.78, 5) is 17.7. The second kappa shape index (κ2) is 11.4. The third-order valence-electron chi connectivity index (χ3n) is 2.44. The van der Waals surface area contributed by atoms with Crippen LogP contribution in [0.25, 0.3) is 10.6 Å². The summed E-state index contributed by atoms with van der Waals surface area (Å²) in [5, 5.41) is 17.4. The second-order valence-corrected chi connectivity index (χ2v) is 5.68. The van der Waals surface area contributed by atoms with Gasteiger partial charge in [0, 0.05) is 30.4 Å². The second-order valence-electron chi connectivity index (χ2n) is 4.23. The molecular weight excluding hydrogens is 376 g/mol. The number of carbonyl (C=O) groups is 1. The highest BCUT2D eigenvalue weighted by atomic mass is 32.1. The molecule has 0 bridgehead atoms. The molecule has 10 nitrogen and oxygen atoms in total. The molecule has 0 aliphatic carbocycles. The summed E-state index contributed by atoms with van der Waals surface area (Å²) in [6.07, 6.45) is 6.33. The molecule has 3 aromatic rings. The zero-order chi connectivity index (χ0) is 19.4. The highest BCUT2D eigenvalue weighted by molar-refractivity contribution is 7.80. The van der Waals surface area contributed by atoms with Crippen molar-refractivity contribution in [3.8, 4) is 10.6 Å². The lowest BCUT2D eigenvalue weighted by molar-refractivity contribution is 0.0696. The number of hydrogen-bond donors (Lipinski definition) is 5. The van der Waals surface area contributed by atoms with Crippen molar-refractivity contribution in [3.63, 3.8) is 0 Å². The fourth-order valence-electron chi connectivity index (χ4n) is 1.34. The normalized spacial score (nSPS) is 8.96. The minimum absolute atomic E-state index is 0.116. The Labute approximate surface area is 158 Å². The summed E-state index contributed by atoms with van der Waals surface area (Å²) in [7, 11) is 0. The Balaban J connectivity index is 0.000000214. The molecule has 0 amide bonds. The van der Waals surface area contributed by atoms with Crippen LogP contribution in [0.2, 0.25) is 0 Å². The molecule has 8 N–H and O–H groups in total. The number of carboxylic acids is 1. The Kier molecular flexibility index (Phi) is 9.09. The van der Waals surface area contributed by atoms with E-state index in [9.17, 15) is 4.79 Å². The van der Waals surface area contributed by atoms with Crippen LogP contribution in [0.15, 0.2) is 49.1 Å². The summed E-state index contributed by atoms with van der Waals surface area (Å²) in [5.74, 6) is 3.74. The monoisotopic (exact) mass is 392 g/mol. The molecule has 0 radical (unpaired) electrons. The first-order chi connectivity index (χ1) is 12.4. The van der Waals surface area contributed by atoms with Gasteiger partial charge >= 0.3 is 5.97 Å². The van der Waals surface area contributed by atoms with Gasteiger partial charge in [0.15, 0.2) is 5.11 Å². The molecule has 3 aromatic heterocycles. The lowest BCUT2D eigenvalue weighted by Crippen LogP contribution is -2.34. The summed E-state index contributed by atoms with van der Waals surface area (Å²) < 4.78 is 0. The van der Waals surface area contributed by atoms with E-state index in [1.807, 2.05) is 17.6 Å². The number of hydrazine groups is 1. The number of nitrogens with one attached hydrogen (secondary N) is 1. The van der Waals surface area contributed by atoms with E-state index < -0.39 is 5.97 Å². The quantitative estimate of drug-likeness (QED) is 0.235. The molecule has 0 saturated heterocycles. The van der Waals surface area contributed by atoms with Crippen molar-refractivity contribution in [1.29, 1.82) is 0 Å². The molecule has 12 heteroatoms. The number of nitrogens with zero attached hydrogens (tertiary/aromatic N) is 4. The molecule has 136 valence electrons. The average Bonchev–Trinajstić information content (AvgIpc) is 3.10. The Morgan fingerprint density at radius 3 is 1.92 bits per heavy atom. The zero-order valence-electron chi connectivity index (χ0n) is 13.3. The van der Waals surface area contributed by atoms with Crippen molar-refractivity contribution in [2.75, 3.05) is 5.73 Å². The van der Waals surface area contributed by atoms with Crippen LogP contribution in [0.4, 0.5) is 5.13 Å². The number of pyridine rings is 2. The van der Waals surface area contributed by atoms with E-state index in [-0.39, 0.29) is 10.7 Å². The zero-order valence-corrected chi connectivity index (χ0v) is 14.9. The maximum Gasteiger partial charge on any atom is 0.335 e. The van der Waals surface area contributed by atoms with E-state index in [1.54, 1.807) is 12.4 Å². The Bertz CT molecular complexity index is 814. The number of nitrogens with two attached hydrogens (primary N) is 3. The standard InChI is InChI=1S/C7H6N4S.C6H5NO2.CH5N3S/c8-7-11-10-6(12-7)5-1-3-9-4-2-5;8-6(9)5-1-3-7-4-2-5;2-1(5)4-3/h1-4H,(H2,8,11);1-4H,(H,8,9);3H2,(H3,2,4,5). The Hall–Kier alpha value is -3.22. The minimum Gasteiger partial charge on any atom is -0.478 e. The van der Waals surface area contributed by atoms with E-state index in [1.165, 1.54) is 35.9 Å². The van der Waals surface area contributed by atoms with Crippen LogP contribution in [0.1, 0.15) is 10.4 Å². The molecule has 0 atom stereocenters. The van der Waals surface area contributed by atoms with Crippen LogP contribution < -0.4 is 22.7 Å². The largest absolute Gasteiger partial charge is 0.478 e. The molecule has 0 aliphatic rings. The van der Waals surface area contributed by atoms with Crippen molar-refractivity contribution in [3.05, 3.63) is 54.6 Å². The van der Waals surface area contributed by atoms with Crippen LogP contribution in [0.5, 0.6) is 0 Å². The van der Waals surface area contributed by atoms with Gasteiger partial charge in [0.1, 0.15) is 5.01 Å². The van der Waals surface area contributed by atoms with Crippen LogP contribution in [-0.2, 0) is 0 Å². The summed E-state index contributed by atoms with van der Waals surface area (Å²) in [6, 6.07) is 6.64. The van der Waals surface area contributed by atoms with E-state index in [4.69, 9.17) is 16.6 Å². The van der Waals surface area contributed by atoms with Crippen LogP contribution in [-0.4, -0.2) is 36.4 Å². The maximum absolute atomic E-state index is 10.2. The van der Waals surface area contributed by atoms with Crippen LogP contribution in [0.3, 0.4) is 0 Å². The highest BCUT2D eigenvalue weighted by Crippen LogP contribution is 2.23. The summed E-state index contributed by atoms with van der Waals surface area (Å²) in [6.45, 7) is 0. The number of anilines is 1. The smallest absolute Gasteiger partial charge is 0.335 e. The fraction of sp³-hybridized carbons (Fsp3) is 0. The number of hydrogen-bond acceptors (Lipinski definition) is 9. The predicted octanol–water partition coefficient (Wildman–Crippen LogP) is 0.655. The van der Waals surface area contributed by atoms with Gasteiger partial charge in [-0.3, -0.25) is 9.97 Å². The highest BCUT2D eigenvalue weighted by Gasteiger charge is 2.02. The number of carboxylic acid groups (broad SMARTS) is 1. The molecule has 0 aliphatic heterocycles.